The molecular formula is C25H40Cl3NOSi. The highest BCUT2D eigenvalue weighted by Gasteiger charge is 2.23. The Bertz CT molecular complexity index is 584. The number of hydrogen-bond donors (Lipinski definition) is 0. The highest BCUT2D eigenvalue weighted by Crippen LogP contribution is 2.27. The molecule has 1 aromatic carbocycles. The van der Waals surface area contributed by atoms with Gasteiger partial charge < -0.3 is 4.74 Å². The third-order valence-electron chi connectivity index (χ3n) is 5.61. The molecular weight excluding hydrogens is 465 g/mol. The molecule has 0 saturated carbocycles. The van der Waals surface area contributed by atoms with Gasteiger partial charge in [-0.15, -0.1) is 33.2 Å². The van der Waals surface area contributed by atoms with Gasteiger partial charge in [-0.2, -0.15) is 5.26 Å². The van der Waals surface area contributed by atoms with Crippen LogP contribution in [-0.4, -0.2) is 12.6 Å². The van der Waals surface area contributed by atoms with E-state index in [2.05, 4.69) is 6.07 Å². The van der Waals surface area contributed by atoms with Gasteiger partial charge in [0.25, 0.3) is 0 Å². The SMILES string of the molecule is N#Cc1ccc(OCCCCCCCCCCCCCCCCCC[Si](Cl)(Cl)Cl)cc1. The zero-order valence-electron chi connectivity index (χ0n) is 19.0. The second-order valence-corrected chi connectivity index (χ2v) is 17.8. The van der Waals surface area contributed by atoms with Crippen molar-refractivity contribution >= 4 is 39.2 Å². The van der Waals surface area contributed by atoms with E-state index in [1.807, 2.05) is 12.1 Å². The lowest BCUT2D eigenvalue weighted by molar-refractivity contribution is 0.304. The zero-order chi connectivity index (χ0) is 22.6. The molecule has 0 aliphatic rings. The molecule has 0 spiro atoms. The number of rotatable bonds is 20. The van der Waals surface area contributed by atoms with E-state index in [4.69, 9.17) is 43.2 Å². The number of ether oxygens (including phenoxy) is 1. The molecule has 0 aliphatic heterocycles. The Balaban J connectivity index is 1.74. The third-order valence-corrected chi connectivity index (χ3v) is 8.23. The zero-order valence-corrected chi connectivity index (χ0v) is 22.3. The lowest BCUT2D eigenvalue weighted by Gasteiger charge is -2.07. The molecule has 0 aromatic heterocycles. The summed E-state index contributed by atoms with van der Waals surface area (Å²) in [4.78, 5) is 0. The van der Waals surface area contributed by atoms with Crippen LogP contribution in [0.15, 0.2) is 24.3 Å². The fourth-order valence-electron chi connectivity index (χ4n) is 3.72. The standard InChI is InChI=1S/C25H40Cl3NOSi/c26-31(27,28)22-16-14-12-10-8-6-4-2-1-3-5-7-9-11-13-15-21-30-25-19-17-24(23-29)18-20-25/h17-20H,1-16,21-22H2. The van der Waals surface area contributed by atoms with Gasteiger partial charge in [0, 0.05) is 0 Å². The minimum atomic E-state index is -2.38. The fraction of sp³-hybridized carbons (Fsp3) is 0.720. The van der Waals surface area contributed by atoms with Gasteiger partial charge in [-0.25, -0.2) is 0 Å². The van der Waals surface area contributed by atoms with E-state index in [0.29, 0.717) is 5.56 Å². The summed E-state index contributed by atoms with van der Waals surface area (Å²) in [5.74, 6) is 0.859. The molecule has 0 unspecified atom stereocenters. The number of hydrogen-bond acceptors (Lipinski definition) is 2. The minimum Gasteiger partial charge on any atom is -0.494 e. The van der Waals surface area contributed by atoms with Gasteiger partial charge in [-0.1, -0.05) is 96.3 Å². The van der Waals surface area contributed by atoms with Gasteiger partial charge in [-0.05, 0) is 36.7 Å². The van der Waals surface area contributed by atoms with E-state index >= 15 is 0 Å². The molecule has 1 aromatic rings. The van der Waals surface area contributed by atoms with E-state index in [1.54, 1.807) is 12.1 Å². The van der Waals surface area contributed by atoms with Crippen LogP contribution in [0.5, 0.6) is 5.75 Å². The average Bonchev–Trinajstić information content (AvgIpc) is 2.75. The molecule has 1 rings (SSSR count). The van der Waals surface area contributed by atoms with E-state index in [1.165, 1.54) is 89.9 Å². The molecule has 6 heteroatoms. The van der Waals surface area contributed by atoms with E-state index in [0.717, 1.165) is 31.2 Å². The second-order valence-electron chi connectivity index (χ2n) is 8.51. The second kappa shape index (κ2) is 19.1. The number of nitriles is 1. The van der Waals surface area contributed by atoms with E-state index < -0.39 is 6.00 Å². The first-order valence-corrected chi connectivity index (χ1v) is 17.5. The Morgan fingerprint density at radius 2 is 1.00 bits per heavy atom. The van der Waals surface area contributed by atoms with Gasteiger partial charge in [0.05, 0.1) is 18.2 Å². The summed E-state index contributed by atoms with van der Waals surface area (Å²) in [5, 5.41) is 8.79. The molecule has 176 valence electrons. The van der Waals surface area contributed by atoms with Gasteiger partial charge in [0.2, 0.25) is 0 Å². The normalized spacial score (nSPS) is 11.4. The molecule has 0 radical (unpaired) electrons. The lowest BCUT2D eigenvalue weighted by Crippen LogP contribution is -2.07. The molecule has 31 heavy (non-hydrogen) atoms. The van der Waals surface area contributed by atoms with Crippen LogP contribution < -0.4 is 4.74 Å². The molecule has 0 bridgehead atoms. The molecule has 0 atom stereocenters. The van der Waals surface area contributed by atoms with Crippen LogP contribution in [0.4, 0.5) is 0 Å². The summed E-state index contributed by atoms with van der Waals surface area (Å²) >= 11 is 17.7. The maximum Gasteiger partial charge on any atom is 0.341 e. The van der Waals surface area contributed by atoms with Crippen LogP contribution in [0, 0.1) is 11.3 Å². The first kappa shape index (κ1) is 28.6. The largest absolute Gasteiger partial charge is 0.494 e. The summed E-state index contributed by atoms with van der Waals surface area (Å²) < 4.78 is 5.72. The van der Waals surface area contributed by atoms with E-state index in [9.17, 15) is 0 Å². The van der Waals surface area contributed by atoms with Crippen molar-refractivity contribution < 1.29 is 4.74 Å². The van der Waals surface area contributed by atoms with Gasteiger partial charge >= 0.3 is 6.00 Å². The van der Waals surface area contributed by atoms with Crippen LogP contribution in [0.2, 0.25) is 6.04 Å². The number of halogens is 3. The predicted molar refractivity (Wildman–Crippen MR) is 139 cm³/mol. The van der Waals surface area contributed by atoms with Gasteiger partial charge in [0.15, 0.2) is 0 Å². The van der Waals surface area contributed by atoms with Crippen molar-refractivity contribution in [3.05, 3.63) is 29.8 Å². The third kappa shape index (κ3) is 18.8. The Kier molecular flexibility index (Phi) is 17.6. The highest BCUT2D eigenvalue weighted by molar-refractivity contribution is 7.64. The molecule has 2 nitrogen and oxygen atoms in total. The summed E-state index contributed by atoms with van der Waals surface area (Å²) in [5.41, 5.74) is 0.676. The predicted octanol–water partition coefficient (Wildman–Crippen LogP) is 9.83. The molecule has 0 saturated heterocycles. The quantitative estimate of drug-likeness (QED) is 0.100. The van der Waals surface area contributed by atoms with Crippen LogP contribution in [0.1, 0.15) is 108 Å². The summed E-state index contributed by atoms with van der Waals surface area (Å²) in [6.45, 7) is 0.766. The molecule has 0 amide bonds. The number of nitrogens with zero attached hydrogens (tertiary/aromatic N) is 1. The fourth-order valence-corrected chi connectivity index (χ4v) is 5.57. The maximum atomic E-state index is 8.79. The Labute approximate surface area is 205 Å². The van der Waals surface area contributed by atoms with Crippen LogP contribution >= 0.6 is 33.2 Å². The average molecular weight is 505 g/mol. The van der Waals surface area contributed by atoms with E-state index in [-0.39, 0.29) is 0 Å². The minimum absolute atomic E-state index is 0.676. The van der Waals surface area contributed by atoms with Crippen molar-refractivity contribution in [2.45, 2.75) is 109 Å². The van der Waals surface area contributed by atoms with Gasteiger partial charge in [-0.3, -0.25) is 0 Å². The Morgan fingerprint density at radius 1 is 0.613 bits per heavy atom. The van der Waals surface area contributed by atoms with Crippen LogP contribution in [0.25, 0.3) is 0 Å². The smallest absolute Gasteiger partial charge is 0.341 e. The monoisotopic (exact) mass is 503 g/mol. The van der Waals surface area contributed by atoms with Crippen molar-refractivity contribution in [3.8, 4) is 11.8 Å². The van der Waals surface area contributed by atoms with Crippen molar-refractivity contribution in [1.29, 1.82) is 5.26 Å². The highest BCUT2D eigenvalue weighted by atomic mass is 35.8. The van der Waals surface area contributed by atoms with Crippen LogP contribution in [0.3, 0.4) is 0 Å². The first-order chi connectivity index (χ1) is 15.0. The summed E-state index contributed by atoms with van der Waals surface area (Å²) in [6.07, 6.45) is 21.0. The Morgan fingerprint density at radius 3 is 1.39 bits per heavy atom. The number of benzene rings is 1. The molecule has 0 fully saturated rings. The summed E-state index contributed by atoms with van der Waals surface area (Å²) in [6, 6.07) is 7.90. The lowest BCUT2D eigenvalue weighted by atomic mass is 10.0. The molecule has 0 aliphatic carbocycles. The van der Waals surface area contributed by atoms with Crippen LogP contribution in [-0.2, 0) is 0 Å². The van der Waals surface area contributed by atoms with Crippen molar-refractivity contribution in [2.75, 3.05) is 6.61 Å². The first-order valence-electron chi connectivity index (χ1n) is 12.2. The topological polar surface area (TPSA) is 33.0 Å². The van der Waals surface area contributed by atoms with Crippen molar-refractivity contribution in [3.63, 3.8) is 0 Å². The molecule has 0 heterocycles. The van der Waals surface area contributed by atoms with Crippen molar-refractivity contribution in [2.24, 2.45) is 0 Å². The Hall–Kier alpha value is -0.403. The molecule has 0 N–H and O–H groups in total. The van der Waals surface area contributed by atoms with Crippen molar-refractivity contribution in [1.82, 2.24) is 0 Å². The summed E-state index contributed by atoms with van der Waals surface area (Å²) in [7, 11) is 0. The van der Waals surface area contributed by atoms with Gasteiger partial charge in [0.1, 0.15) is 5.75 Å². The maximum absolute atomic E-state index is 8.79. The number of unbranched alkanes of at least 4 members (excludes halogenated alkanes) is 15.